The van der Waals surface area contributed by atoms with Crippen LogP contribution in [0.5, 0.6) is 5.75 Å². The Balaban J connectivity index is 3.23. The van der Waals surface area contributed by atoms with E-state index in [4.69, 9.17) is 9.84 Å². The highest BCUT2D eigenvalue weighted by molar-refractivity contribution is 5.35. The number of aliphatic hydroxyl groups excluding tert-OH is 1. The molecule has 0 radical (unpaired) electrons. The van der Waals surface area contributed by atoms with E-state index in [1.807, 2.05) is 0 Å². The van der Waals surface area contributed by atoms with Crippen LogP contribution in [0.25, 0.3) is 0 Å². The smallest absolute Gasteiger partial charge is 0.280 e. The molecule has 0 atom stereocenters. The Labute approximate surface area is 80.3 Å². The molecule has 0 bridgehead atoms. The number of aryl methyl sites for hydroxylation is 1. The molecule has 0 aliphatic carbocycles. The van der Waals surface area contributed by atoms with Crippen molar-refractivity contribution in [1.29, 1.82) is 0 Å². The fourth-order valence-electron chi connectivity index (χ4n) is 1.15. The molecule has 0 spiro atoms. The van der Waals surface area contributed by atoms with Crippen LogP contribution in [0.3, 0.4) is 0 Å². The Hall–Kier alpha value is -1.23. The minimum Gasteiger partial charge on any atom is -0.495 e. The zero-order valence-corrected chi connectivity index (χ0v) is 7.92. The van der Waals surface area contributed by atoms with Crippen LogP contribution in [0, 0.1) is 6.92 Å². The van der Waals surface area contributed by atoms with Gasteiger partial charge in [0.15, 0.2) is 0 Å². The minimum absolute atomic E-state index is 0.133. The number of hydrogen-bond donors (Lipinski definition) is 1. The number of halogens is 2. The molecule has 1 aromatic heterocycles. The van der Waals surface area contributed by atoms with Crippen molar-refractivity contribution in [1.82, 2.24) is 4.98 Å². The molecule has 5 heteroatoms. The summed E-state index contributed by atoms with van der Waals surface area (Å²) in [6.45, 7) is 1.11. The molecular weight excluding hydrogens is 192 g/mol. The van der Waals surface area contributed by atoms with Crippen molar-refractivity contribution in [3.8, 4) is 5.75 Å². The Kier molecular flexibility index (Phi) is 3.35. The van der Waals surface area contributed by atoms with Crippen molar-refractivity contribution in [2.75, 3.05) is 7.11 Å². The lowest BCUT2D eigenvalue weighted by atomic mass is 10.2. The van der Waals surface area contributed by atoms with Gasteiger partial charge in [0.2, 0.25) is 0 Å². The number of rotatable bonds is 3. The van der Waals surface area contributed by atoms with Crippen molar-refractivity contribution in [3.05, 3.63) is 23.0 Å². The first kappa shape index (κ1) is 10.8. The topological polar surface area (TPSA) is 42.4 Å². The summed E-state index contributed by atoms with van der Waals surface area (Å²) in [5.41, 5.74) is 0.178. The molecule has 14 heavy (non-hydrogen) atoms. The van der Waals surface area contributed by atoms with E-state index in [0.29, 0.717) is 11.3 Å². The highest BCUT2D eigenvalue weighted by atomic mass is 19.3. The Morgan fingerprint density at radius 3 is 2.64 bits per heavy atom. The summed E-state index contributed by atoms with van der Waals surface area (Å²) < 4.78 is 29.7. The standard InChI is InChI=1S/C9H11F2NO2/c1-5-3-7(14-2)6(4-13)12-8(5)9(10)11/h3,9,13H,4H2,1-2H3. The molecule has 0 unspecified atom stereocenters. The van der Waals surface area contributed by atoms with Gasteiger partial charge in [-0.05, 0) is 18.6 Å². The molecule has 0 saturated carbocycles. The average Bonchev–Trinajstić information content (AvgIpc) is 2.16. The van der Waals surface area contributed by atoms with Crippen LogP contribution >= 0.6 is 0 Å². The van der Waals surface area contributed by atoms with Gasteiger partial charge >= 0.3 is 0 Å². The van der Waals surface area contributed by atoms with E-state index in [2.05, 4.69) is 4.98 Å². The number of alkyl halides is 2. The summed E-state index contributed by atoms with van der Waals surface area (Å²) >= 11 is 0. The van der Waals surface area contributed by atoms with E-state index in [0.717, 1.165) is 0 Å². The molecule has 3 nitrogen and oxygen atoms in total. The van der Waals surface area contributed by atoms with E-state index >= 15 is 0 Å². The van der Waals surface area contributed by atoms with Crippen LogP contribution in [-0.2, 0) is 6.61 Å². The van der Waals surface area contributed by atoms with Gasteiger partial charge in [-0.3, -0.25) is 0 Å². The van der Waals surface area contributed by atoms with Gasteiger partial charge in [0, 0.05) is 0 Å². The van der Waals surface area contributed by atoms with E-state index in [1.165, 1.54) is 20.1 Å². The van der Waals surface area contributed by atoms with Gasteiger partial charge < -0.3 is 9.84 Å². The Morgan fingerprint density at radius 1 is 1.57 bits per heavy atom. The van der Waals surface area contributed by atoms with Crippen molar-refractivity contribution in [3.63, 3.8) is 0 Å². The summed E-state index contributed by atoms with van der Waals surface area (Å²) in [5, 5.41) is 8.86. The van der Waals surface area contributed by atoms with Gasteiger partial charge in [0.1, 0.15) is 17.1 Å². The van der Waals surface area contributed by atoms with E-state index < -0.39 is 13.0 Å². The second kappa shape index (κ2) is 4.32. The fourth-order valence-corrected chi connectivity index (χ4v) is 1.15. The number of pyridine rings is 1. The molecule has 1 N–H and O–H groups in total. The first-order valence-corrected chi connectivity index (χ1v) is 4.03. The quantitative estimate of drug-likeness (QED) is 0.814. The monoisotopic (exact) mass is 203 g/mol. The molecule has 0 fully saturated rings. The molecule has 0 aliphatic heterocycles. The zero-order chi connectivity index (χ0) is 10.7. The second-order valence-corrected chi connectivity index (χ2v) is 2.80. The highest BCUT2D eigenvalue weighted by Crippen LogP contribution is 2.26. The highest BCUT2D eigenvalue weighted by Gasteiger charge is 2.16. The van der Waals surface area contributed by atoms with Gasteiger partial charge in [-0.15, -0.1) is 0 Å². The van der Waals surface area contributed by atoms with Crippen LogP contribution in [0.15, 0.2) is 6.07 Å². The van der Waals surface area contributed by atoms with Crippen LogP contribution < -0.4 is 4.74 Å². The van der Waals surface area contributed by atoms with Gasteiger partial charge in [0.25, 0.3) is 6.43 Å². The molecule has 0 amide bonds. The first-order chi connectivity index (χ1) is 6.60. The third kappa shape index (κ3) is 1.98. The summed E-state index contributed by atoms with van der Waals surface area (Å²) in [5.74, 6) is 0.328. The summed E-state index contributed by atoms with van der Waals surface area (Å²) in [6.07, 6.45) is -2.63. The lowest BCUT2D eigenvalue weighted by molar-refractivity contribution is 0.144. The largest absolute Gasteiger partial charge is 0.495 e. The van der Waals surface area contributed by atoms with Crippen molar-refractivity contribution in [2.24, 2.45) is 0 Å². The molecule has 1 rings (SSSR count). The number of aliphatic hydroxyl groups is 1. The molecule has 0 saturated heterocycles. The minimum atomic E-state index is -2.63. The van der Waals surface area contributed by atoms with Crippen molar-refractivity contribution >= 4 is 0 Å². The number of hydrogen-bond acceptors (Lipinski definition) is 3. The third-order valence-corrected chi connectivity index (χ3v) is 1.87. The SMILES string of the molecule is COc1cc(C)c(C(F)F)nc1CO. The second-order valence-electron chi connectivity index (χ2n) is 2.80. The van der Waals surface area contributed by atoms with Crippen LogP contribution in [-0.4, -0.2) is 17.2 Å². The summed E-state index contributed by atoms with van der Waals surface area (Å²) in [4.78, 5) is 3.64. The number of methoxy groups -OCH3 is 1. The van der Waals surface area contributed by atoms with Crippen molar-refractivity contribution in [2.45, 2.75) is 20.0 Å². The van der Waals surface area contributed by atoms with Crippen molar-refractivity contribution < 1.29 is 18.6 Å². The number of nitrogens with zero attached hydrogens (tertiary/aromatic N) is 1. The molecular formula is C9H11F2NO2. The van der Waals surface area contributed by atoms with Crippen LogP contribution in [0.2, 0.25) is 0 Å². The van der Waals surface area contributed by atoms with Gasteiger partial charge in [-0.1, -0.05) is 0 Å². The maximum Gasteiger partial charge on any atom is 0.280 e. The first-order valence-electron chi connectivity index (χ1n) is 4.03. The summed E-state index contributed by atoms with van der Waals surface area (Å²) in [7, 11) is 1.40. The molecule has 0 aliphatic rings. The van der Waals surface area contributed by atoms with Crippen LogP contribution in [0.4, 0.5) is 8.78 Å². The maximum absolute atomic E-state index is 12.4. The Morgan fingerprint density at radius 2 is 2.21 bits per heavy atom. The van der Waals surface area contributed by atoms with E-state index in [1.54, 1.807) is 0 Å². The molecule has 1 heterocycles. The normalized spacial score (nSPS) is 10.7. The van der Waals surface area contributed by atoms with E-state index in [-0.39, 0.29) is 11.4 Å². The Bertz CT molecular complexity index is 329. The lowest BCUT2D eigenvalue weighted by Crippen LogP contribution is -2.02. The molecule has 78 valence electrons. The van der Waals surface area contributed by atoms with Crippen LogP contribution in [0.1, 0.15) is 23.4 Å². The fraction of sp³-hybridized carbons (Fsp3) is 0.444. The predicted octanol–water partition coefficient (Wildman–Crippen LogP) is 1.83. The molecule has 1 aromatic rings. The summed E-state index contributed by atoms with van der Waals surface area (Å²) in [6, 6.07) is 1.44. The zero-order valence-electron chi connectivity index (χ0n) is 7.92. The predicted molar refractivity (Wildman–Crippen MR) is 46.4 cm³/mol. The average molecular weight is 203 g/mol. The van der Waals surface area contributed by atoms with Gasteiger partial charge in [-0.2, -0.15) is 0 Å². The number of aromatic nitrogens is 1. The third-order valence-electron chi connectivity index (χ3n) is 1.87. The van der Waals surface area contributed by atoms with E-state index in [9.17, 15) is 8.78 Å². The lowest BCUT2D eigenvalue weighted by Gasteiger charge is -2.10. The van der Waals surface area contributed by atoms with Gasteiger partial charge in [-0.25, -0.2) is 13.8 Å². The van der Waals surface area contributed by atoms with Gasteiger partial charge in [0.05, 0.1) is 13.7 Å². The number of ether oxygens (including phenoxy) is 1. The maximum atomic E-state index is 12.4. The molecule has 0 aromatic carbocycles.